The van der Waals surface area contributed by atoms with Gasteiger partial charge >= 0.3 is 6.09 Å². The summed E-state index contributed by atoms with van der Waals surface area (Å²) >= 11 is 0. The van der Waals surface area contributed by atoms with Crippen LogP contribution in [0.1, 0.15) is 31.7 Å². The molecule has 8 heteroatoms. The van der Waals surface area contributed by atoms with Crippen LogP contribution in [0.2, 0.25) is 0 Å². The topological polar surface area (TPSA) is 73.2 Å². The van der Waals surface area contributed by atoms with Gasteiger partial charge in [0.05, 0.1) is 11.9 Å². The van der Waals surface area contributed by atoms with Crippen molar-refractivity contribution < 1.29 is 23.1 Å². The highest BCUT2D eigenvalue weighted by molar-refractivity contribution is 5.84. The van der Waals surface area contributed by atoms with Gasteiger partial charge in [0.1, 0.15) is 12.4 Å². The van der Waals surface area contributed by atoms with Gasteiger partial charge in [0.25, 0.3) is 0 Å². The molecule has 2 aromatic rings. The normalized spacial score (nSPS) is 10.5. The number of ether oxygens (including phenoxy) is 1. The molecule has 0 radical (unpaired) electrons. The standard InChI is InChI=1S/C17H19F2N3O3/c1-12(23)5-2-3-8-22-10-14(9-20-22)21-17(24)25-11-13-6-4-7-15(18)16(13)19/h4,6-7,9-10H,2-3,5,8,11H2,1H3,(H,21,24). The molecule has 0 fully saturated rings. The molecule has 0 saturated heterocycles. The van der Waals surface area contributed by atoms with Gasteiger partial charge in [0.15, 0.2) is 11.6 Å². The highest BCUT2D eigenvalue weighted by atomic mass is 19.2. The summed E-state index contributed by atoms with van der Waals surface area (Å²) in [6.45, 7) is 1.80. The van der Waals surface area contributed by atoms with Gasteiger partial charge in [-0.05, 0) is 25.8 Å². The van der Waals surface area contributed by atoms with Gasteiger partial charge in [-0.1, -0.05) is 12.1 Å². The number of halogens is 2. The maximum Gasteiger partial charge on any atom is 0.412 e. The number of amides is 1. The quantitative estimate of drug-likeness (QED) is 0.737. The Kier molecular flexibility index (Phi) is 6.62. The molecule has 1 N–H and O–H groups in total. The Morgan fingerprint density at radius 3 is 2.84 bits per heavy atom. The fourth-order valence-corrected chi connectivity index (χ4v) is 2.16. The minimum absolute atomic E-state index is 0.0451. The molecule has 0 aliphatic carbocycles. The second-order valence-corrected chi connectivity index (χ2v) is 5.57. The highest BCUT2D eigenvalue weighted by Gasteiger charge is 2.11. The van der Waals surface area contributed by atoms with Crippen molar-refractivity contribution in [3.63, 3.8) is 0 Å². The van der Waals surface area contributed by atoms with E-state index in [1.807, 2.05) is 0 Å². The van der Waals surface area contributed by atoms with Gasteiger partial charge in [0.2, 0.25) is 0 Å². The summed E-state index contributed by atoms with van der Waals surface area (Å²) in [5.74, 6) is -1.87. The fourth-order valence-electron chi connectivity index (χ4n) is 2.16. The van der Waals surface area contributed by atoms with Gasteiger partial charge in [-0.15, -0.1) is 0 Å². The average molecular weight is 351 g/mol. The molecule has 2 rings (SSSR count). The summed E-state index contributed by atoms with van der Waals surface area (Å²) in [4.78, 5) is 22.6. The Hall–Kier alpha value is -2.77. The van der Waals surface area contributed by atoms with E-state index >= 15 is 0 Å². The summed E-state index contributed by atoms with van der Waals surface area (Å²) in [6, 6.07) is 3.67. The number of hydrogen-bond acceptors (Lipinski definition) is 4. The number of aryl methyl sites for hydroxylation is 1. The van der Waals surface area contributed by atoms with Crippen LogP contribution in [0.4, 0.5) is 19.3 Å². The second-order valence-electron chi connectivity index (χ2n) is 5.57. The molecule has 134 valence electrons. The van der Waals surface area contributed by atoms with Crippen LogP contribution in [0.25, 0.3) is 0 Å². The Morgan fingerprint density at radius 2 is 2.08 bits per heavy atom. The number of rotatable bonds is 8. The van der Waals surface area contributed by atoms with E-state index in [1.54, 1.807) is 17.8 Å². The van der Waals surface area contributed by atoms with E-state index in [2.05, 4.69) is 10.4 Å². The predicted molar refractivity (Wildman–Crippen MR) is 86.9 cm³/mol. The Balaban J connectivity index is 1.77. The lowest BCUT2D eigenvalue weighted by molar-refractivity contribution is -0.117. The molecule has 0 unspecified atom stereocenters. The highest BCUT2D eigenvalue weighted by Crippen LogP contribution is 2.13. The first-order valence-corrected chi connectivity index (χ1v) is 7.84. The smallest absolute Gasteiger partial charge is 0.412 e. The Labute approximate surface area is 143 Å². The second kappa shape index (κ2) is 8.91. The maximum absolute atomic E-state index is 13.5. The molecule has 6 nitrogen and oxygen atoms in total. The monoisotopic (exact) mass is 351 g/mol. The third kappa shape index (κ3) is 5.98. The fraction of sp³-hybridized carbons (Fsp3) is 0.353. The van der Waals surface area contributed by atoms with Crippen LogP contribution in [0.15, 0.2) is 30.6 Å². The summed E-state index contributed by atoms with van der Waals surface area (Å²) < 4.78 is 33.0. The predicted octanol–water partition coefficient (Wildman–Crippen LogP) is 3.67. The van der Waals surface area contributed by atoms with E-state index in [0.717, 1.165) is 18.9 Å². The van der Waals surface area contributed by atoms with Gasteiger partial charge < -0.3 is 9.53 Å². The zero-order valence-electron chi connectivity index (χ0n) is 13.8. The molecular weight excluding hydrogens is 332 g/mol. The number of anilines is 1. The van der Waals surface area contributed by atoms with Crippen LogP contribution < -0.4 is 5.32 Å². The maximum atomic E-state index is 13.5. The summed E-state index contributed by atoms with van der Waals surface area (Å²) in [6.07, 6.45) is 4.39. The minimum Gasteiger partial charge on any atom is -0.444 e. The molecule has 1 amide bonds. The molecule has 25 heavy (non-hydrogen) atoms. The third-order valence-corrected chi connectivity index (χ3v) is 3.44. The minimum atomic E-state index is -1.03. The van der Waals surface area contributed by atoms with Crippen molar-refractivity contribution in [2.45, 2.75) is 39.3 Å². The van der Waals surface area contributed by atoms with E-state index < -0.39 is 17.7 Å². The number of carbonyl (C=O) groups excluding carboxylic acids is 2. The molecule has 0 spiro atoms. The van der Waals surface area contributed by atoms with Crippen LogP contribution >= 0.6 is 0 Å². The van der Waals surface area contributed by atoms with Crippen molar-refractivity contribution in [3.8, 4) is 0 Å². The van der Waals surface area contributed by atoms with Crippen LogP contribution in [0.5, 0.6) is 0 Å². The largest absolute Gasteiger partial charge is 0.444 e. The molecule has 1 aromatic carbocycles. The summed E-state index contributed by atoms with van der Waals surface area (Å²) in [5, 5.41) is 6.54. The van der Waals surface area contributed by atoms with Crippen molar-refractivity contribution in [2.24, 2.45) is 0 Å². The zero-order chi connectivity index (χ0) is 18.2. The first-order valence-electron chi connectivity index (χ1n) is 7.84. The number of hydrogen-bond donors (Lipinski definition) is 1. The number of benzene rings is 1. The third-order valence-electron chi connectivity index (χ3n) is 3.44. The number of nitrogens with zero attached hydrogens (tertiary/aromatic N) is 2. The van der Waals surface area contributed by atoms with Crippen LogP contribution in [-0.4, -0.2) is 21.7 Å². The number of nitrogens with one attached hydrogen (secondary N) is 1. The van der Waals surface area contributed by atoms with Crippen LogP contribution in [0.3, 0.4) is 0 Å². The van der Waals surface area contributed by atoms with Crippen molar-refractivity contribution in [2.75, 3.05) is 5.32 Å². The summed E-state index contributed by atoms with van der Waals surface area (Å²) in [5.41, 5.74) is 0.382. The van der Waals surface area contributed by atoms with Gasteiger partial charge in [-0.25, -0.2) is 13.6 Å². The zero-order valence-corrected chi connectivity index (χ0v) is 13.8. The van der Waals surface area contributed by atoms with Crippen molar-refractivity contribution in [3.05, 3.63) is 47.8 Å². The molecule has 0 aliphatic rings. The number of ketones is 1. The van der Waals surface area contributed by atoms with E-state index in [0.29, 0.717) is 18.7 Å². The number of carbonyl (C=O) groups is 2. The molecule has 0 atom stereocenters. The Morgan fingerprint density at radius 1 is 1.28 bits per heavy atom. The lowest BCUT2D eigenvalue weighted by Gasteiger charge is -2.06. The van der Waals surface area contributed by atoms with E-state index in [-0.39, 0.29) is 18.0 Å². The molecule has 1 aromatic heterocycles. The lowest BCUT2D eigenvalue weighted by Crippen LogP contribution is -2.13. The molecule has 0 bridgehead atoms. The van der Waals surface area contributed by atoms with Gasteiger partial charge in [-0.3, -0.25) is 10.00 Å². The van der Waals surface area contributed by atoms with E-state index in [4.69, 9.17) is 4.74 Å². The molecule has 1 heterocycles. The lowest BCUT2D eigenvalue weighted by atomic mass is 10.2. The van der Waals surface area contributed by atoms with Crippen molar-refractivity contribution in [1.82, 2.24) is 9.78 Å². The first-order chi connectivity index (χ1) is 12.0. The van der Waals surface area contributed by atoms with E-state index in [9.17, 15) is 18.4 Å². The Bertz CT molecular complexity index is 746. The van der Waals surface area contributed by atoms with Crippen LogP contribution in [0, 0.1) is 11.6 Å². The molecular formula is C17H19F2N3O3. The number of Topliss-reactive ketones (excluding diaryl/α,β-unsaturated/α-hetero) is 1. The SMILES string of the molecule is CC(=O)CCCCn1cc(NC(=O)OCc2cccc(F)c2F)cn1. The van der Waals surface area contributed by atoms with Gasteiger partial charge in [0, 0.05) is 24.7 Å². The van der Waals surface area contributed by atoms with Gasteiger partial charge in [-0.2, -0.15) is 5.10 Å². The number of unbranched alkanes of at least 4 members (excludes halogenated alkanes) is 1. The molecule has 0 aliphatic heterocycles. The first kappa shape index (κ1) is 18.6. The summed E-state index contributed by atoms with van der Waals surface area (Å²) in [7, 11) is 0. The van der Waals surface area contributed by atoms with Crippen LogP contribution in [-0.2, 0) is 22.7 Å². The van der Waals surface area contributed by atoms with Crippen molar-refractivity contribution >= 4 is 17.6 Å². The van der Waals surface area contributed by atoms with E-state index in [1.165, 1.54) is 18.3 Å². The average Bonchev–Trinajstić information content (AvgIpc) is 3.00. The van der Waals surface area contributed by atoms with Crippen molar-refractivity contribution in [1.29, 1.82) is 0 Å². The molecule has 0 saturated carbocycles. The number of aromatic nitrogens is 2.